The average molecular weight is 352 g/mol. The van der Waals surface area contributed by atoms with Crippen molar-refractivity contribution in [2.24, 2.45) is 0 Å². The van der Waals surface area contributed by atoms with Crippen molar-refractivity contribution in [2.75, 3.05) is 55.7 Å². The SMILES string of the molecule is c1ccc(N2CCN(C3CN(c4cc5c(nn4)CCOC5)C3)CC2)nc1. The van der Waals surface area contributed by atoms with Crippen molar-refractivity contribution in [3.8, 4) is 0 Å². The van der Waals surface area contributed by atoms with Crippen LogP contribution in [0.5, 0.6) is 0 Å². The molecule has 0 unspecified atom stereocenters. The topological polar surface area (TPSA) is 57.6 Å². The van der Waals surface area contributed by atoms with Crippen LogP contribution < -0.4 is 9.80 Å². The van der Waals surface area contributed by atoms with Gasteiger partial charge in [-0.25, -0.2) is 4.98 Å². The average Bonchev–Trinajstić information content (AvgIpc) is 2.68. The highest BCUT2D eigenvalue weighted by molar-refractivity contribution is 5.45. The molecule has 136 valence electrons. The molecule has 7 heteroatoms. The van der Waals surface area contributed by atoms with Gasteiger partial charge in [0.1, 0.15) is 5.82 Å². The van der Waals surface area contributed by atoms with Gasteiger partial charge in [-0.1, -0.05) is 6.07 Å². The van der Waals surface area contributed by atoms with Crippen LogP contribution in [0.1, 0.15) is 11.3 Å². The first kappa shape index (κ1) is 16.0. The number of aromatic nitrogens is 3. The van der Waals surface area contributed by atoms with Gasteiger partial charge in [-0.05, 0) is 18.2 Å². The lowest BCUT2D eigenvalue weighted by Crippen LogP contribution is -2.63. The van der Waals surface area contributed by atoms with E-state index in [9.17, 15) is 0 Å². The monoisotopic (exact) mass is 352 g/mol. The predicted octanol–water partition coefficient (Wildman–Crippen LogP) is 0.955. The number of nitrogens with zero attached hydrogens (tertiary/aromatic N) is 6. The number of rotatable bonds is 3. The molecule has 2 aromatic heterocycles. The molecule has 26 heavy (non-hydrogen) atoms. The number of hydrogen-bond acceptors (Lipinski definition) is 7. The van der Waals surface area contributed by atoms with Gasteiger partial charge in [0.15, 0.2) is 5.82 Å². The molecule has 0 atom stereocenters. The third-order valence-electron chi connectivity index (χ3n) is 5.68. The summed E-state index contributed by atoms with van der Waals surface area (Å²) < 4.78 is 5.54. The maximum Gasteiger partial charge on any atom is 0.151 e. The van der Waals surface area contributed by atoms with Crippen LogP contribution in [-0.2, 0) is 17.8 Å². The van der Waals surface area contributed by atoms with Crippen molar-refractivity contribution in [1.29, 1.82) is 0 Å². The Bertz CT molecular complexity index is 756. The molecule has 0 bridgehead atoms. The highest BCUT2D eigenvalue weighted by Crippen LogP contribution is 2.25. The minimum absolute atomic E-state index is 0.620. The Morgan fingerprint density at radius 3 is 2.65 bits per heavy atom. The maximum absolute atomic E-state index is 5.54. The molecule has 5 heterocycles. The van der Waals surface area contributed by atoms with Gasteiger partial charge in [-0.15, -0.1) is 5.10 Å². The van der Waals surface area contributed by atoms with Gasteiger partial charge in [-0.2, -0.15) is 5.10 Å². The van der Waals surface area contributed by atoms with Crippen molar-refractivity contribution in [2.45, 2.75) is 19.1 Å². The van der Waals surface area contributed by atoms with Crippen molar-refractivity contribution >= 4 is 11.6 Å². The number of pyridine rings is 1. The lowest BCUT2D eigenvalue weighted by molar-refractivity contribution is 0.108. The quantitative estimate of drug-likeness (QED) is 0.815. The van der Waals surface area contributed by atoms with Crippen LogP contribution in [0.15, 0.2) is 30.5 Å². The normalized spacial score (nSPS) is 21.4. The standard InChI is InChI=1S/C19H24N6O/c1-2-5-20-18(3-1)24-8-6-23(7-9-24)16-12-25(13-16)19-11-15-14-26-10-4-17(15)21-22-19/h1-3,5,11,16H,4,6-10,12-14H2. The first-order chi connectivity index (χ1) is 12.9. The summed E-state index contributed by atoms with van der Waals surface area (Å²) >= 11 is 0. The van der Waals surface area contributed by atoms with Crippen LogP contribution in [0.3, 0.4) is 0 Å². The van der Waals surface area contributed by atoms with Gasteiger partial charge in [0, 0.05) is 63.5 Å². The van der Waals surface area contributed by atoms with E-state index in [1.54, 1.807) is 0 Å². The summed E-state index contributed by atoms with van der Waals surface area (Å²) in [6.07, 6.45) is 2.75. The summed E-state index contributed by atoms with van der Waals surface area (Å²) in [4.78, 5) is 11.8. The predicted molar refractivity (Wildman–Crippen MR) is 99.4 cm³/mol. The van der Waals surface area contributed by atoms with Crippen LogP contribution in [0, 0.1) is 0 Å². The van der Waals surface area contributed by atoms with Crippen molar-refractivity contribution in [3.05, 3.63) is 41.7 Å². The zero-order chi connectivity index (χ0) is 17.3. The zero-order valence-corrected chi connectivity index (χ0v) is 14.9. The van der Waals surface area contributed by atoms with Crippen molar-refractivity contribution in [1.82, 2.24) is 20.1 Å². The van der Waals surface area contributed by atoms with Crippen LogP contribution in [0.25, 0.3) is 0 Å². The number of ether oxygens (including phenoxy) is 1. The fourth-order valence-electron chi connectivity index (χ4n) is 4.02. The smallest absolute Gasteiger partial charge is 0.151 e. The first-order valence-corrected chi connectivity index (χ1v) is 9.45. The first-order valence-electron chi connectivity index (χ1n) is 9.45. The van der Waals surface area contributed by atoms with Crippen molar-refractivity contribution < 1.29 is 4.74 Å². The number of anilines is 2. The molecular weight excluding hydrogens is 328 g/mol. The highest BCUT2D eigenvalue weighted by Gasteiger charge is 2.34. The summed E-state index contributed by atoms with van der Waals surface area (Å²) in [5.41, 5.74) is 2.30. The Labute approximate surface area is 153 Å². The maximum atomic E-state index is 5.54. The molecule has 2 saturated heterocycles. The largest absolute Gasteiger partial charge is 0.376 e. The number of piperazine rings is 1. The third-order valence-corrected chi connectivity index (χ3v) is 5.68. The van der Waals surface area contributed by atoms with Gasteiger partial charge >= 0.3 is 0 Å². The fourth-order valence-corrected chi connectivity index (χ4v) is 4.02. The fraction of sp³-hybridized carbons (Fsp3) is 0.526. The van der Waals surface area contributed by atoms with E-state index in [0.717, 1.165) is 69.6 Å². The van der Waals surface area contributed by atoms with E-state index in [-0.39, 0.29) is 0 Å². The summed E-state index contributed by atoms with van der Waals surface area (Å²) in [6.45, 7) is 7.79. The van der Waals surface area contributed by atoms with E-state index in [0.29, 0.717) is 12.6 Å². The minimum atomic E-state index is 0.620. The van der Waals surface area contributed by atoms with Crippen LogP contribution in [0.4, 0.5) is 11.6 Å². The Hall–Kier alpha value is -2.25. The molecule has 3 aliphatic heterocycles. The Kier molecular flexibility index (Phi) is 4.18. The molecule has 2 aromatic rings. The van der Waals surface area contributed by atoms with E-state index in [4.69, 9.17) is 4.74 Å². The second kappa shape index (κ2) is 6.81. The molecule has 0 radical (unpaired) electrons. The second-order valence-electron chi connectivity index (χ2n) is 7.25. The van der Waals surface area contributed by atoms with Crippen LogP contribution in [0.2, 0.25) is 0 Å². The lowest BCUT2D eigenvalue weighted by Gasteiger charge is -2.48. The third kappa shape index (κ3) is 3.01. The Balaban J connectivity index is 1.15. The van der Waals surface area contributed by atoms with Gasteiger partial charge in [-0.3, -0.25) is 4.90 Å². The van der Waals surface area contributed by atoms with E-state index >= 15 is 0 Å². The lowest BCUT2D eigenvalue weighted by atomic mass is 10.0. The van der Waals surface area contributed by atoms with Gasteiger partial charge in [0.2, 0.25) is 0 Å². The second-order valence-corrected chi connectivity index (χ2v) is 7.25. The number of hydrogen-bond donors (Lipinski definition) is 0. The molecule has 0 N–H and O–H groups in total. The molecule has 5 rings (SSSR count). The molecule has 0 saturated carbocycles. The molecule has 7 nitrogen and oxygen atoms in total. The Morgan fingerprint density at radius 2 is 1.85 bits per heavy atom. The Morgan fingerprint density at radius 1 is 0.962 bits per heavy atom. The zero-order valence-electron chi connectivity index (χ0n) is 14.9. The molecule has 0 aliphatic carbocycles. The molecule has 0 spiro atoms. The van der Waals surface area contributed by atoms with Gasteiger partial charge in [0.25, 0.3) is 0 Å². The van der Waals surface area contributed by atoms with Crippen LogP contribution >= 0.6 is 0 Å². The molecular formula is C19H24N6O. The summed E-state index contributed by atoms with van der Waals surface area (Å²) in [5.74, 6) is 2.09. The van der Waals surface area contributed by atoms with E-state index in [1.165, 1.54) is 5.56 Å². The van der Waals surface area contributed by atoms with Gasteiger partial charge in [0.05, 0.1) is 18.9 Å². The van der Waals surface area contributed by atoms with Gasteiger partial charge < -0.3 is 14.5 Å². The molecule has 3 aliphatic rings. The molecule has 0 aromatic carbocycles. The van der Waals surface area contributed by atoms with E-state index < -0.39 is 0 Å². The van der Waals surface area contributed by atoms with Crippen molar-refractivity contribution in [3.63, 3.8) is 0 Å². The van der Waals surface area contributed by atoms with E-state index in [2.05, 4.69) is 48.1 Å². The summed E-state index contributed by atoms with van der Waals surface area (Å²) in [6, 6.07) is 8.91. The summed E-state index contributed by atoms with van der Waals surface area (Å²) in [5, 5.41) is 8.84. The molecule has 0 amide bonds. The minimum Gasteiger partial charge on any atom is -0.376 e. The molecule has 2 fully saturated rings. The summed E-state index contributed by atoms with van der Waals surface area (Å²) in [7, 11) is 0. The van der Waals surface area contributed by atoms with E-state index in [1.807, 2.05) is 12.3 Å². The van der Waals surface area contributed by atoms with Crippen LogP contribution in [-0.4, -0.2) is 72.0 Å². The number of fused-ring (bicyclic) bond motifs is 1. The highest BCUT2D eigenvalue weighted by atomic mass is 16.5.